The number of carboxylic acids is 1. The Morgan fingerprint density at radius 2 is 2.08 bits per heavy atom. The second kappa shape index (κ2) is 6.04. The molecule has 0 saturated carbocycles. The van der Waals surface area contributed by atoms with Gasteiger partial charge in [0.25, 0.3) is 0 Å². The fraction of sp³-hybridized carbons (Fsp3) is 0.294. The molecule has 0 amide bonds. The average Bonchev–Trinajstić information content (AvgIpc) is 3.20. The van der Waals surface area contributed by atoms with Gasteiger partial charge in [-0.3, -0.25) is 4.68 Å². The minimum atomic E-state index is -0.913. The van der Waals surface area contributed by atoms with E-state index in [0.717, 1.165) is 5.56 Å². The van der Waals surface area contributed by atoms with Crippen LogP contribution in [0.3, 0.4) is 0 Å². The first kappa shape index (κ1) is 15.4. The van der Waals surface area contributed by atoms with Crippen molar-refractivity contribution < 1.29 is 9.90 Å². The van der Waals surface area contributed by atoms with Crippen LogP contribution in [0.4, 0.5) is 5.95 Å². The molecule has 1 aromatic carbocycles. The van der Waals surface area contributed by atoms with Crippen LogP contribution in [0.5, 0.6) is 0 Å². The van der Waals surface area contributed by atoms with Crippen molar-refractivity contribution in [3.8, 4) is 0 Å². The predicted octanol–water partition coefficient (Wildman–Crippen LogP) is 1.66. The molecule has 0 saturated heterocycles. The highest BCUT2D eigenvalue weighted by Gasteiger charge is 2.35. The first-order chi connectivity index (χ1) is 12.1. The Kier molecular flexibility index (Phi) is 3.72. The lowest BCUT2D eigenvalue weighted by Gasteiger charge is -2.25. The number of nitrogens with two attached hydrogens (primary N) is 1. The molecule has 3 N–H and O–H groups in total. The normalized spacial score (nSPS) is 19.5. The van der Waals surface area contributed by atoms with Gasteiger partial charge in [-0.05, 0) is 18.4 Å². The number of aliphatic carboxylic acids is 1. The van der Waals surface area contributed by atoms with E-state index in [1.54, 1.807) is 0 Å². The Bertz CT molecular complexity index is 901. The third-order valence-electron chi connectivity index (χ3n) is 4.54. The third kappa shape index (κ3) is 2.86. The van der Waals surface area contributed by atoms with Gasteiger partial charge in [0, 0.05) is 17.7 Å². The lowest BCUT2D eigenvalue weighted by atomic mass is 9.90. The second-order valence-corrected chi connectivity index (χ2v) is 6.21. The minimum Gasteiger partial charge on any atom is -0.480 e. The van der Waals surface area contributed by atoms with Crippen LogP contribution in [-0.2, 0) is 11.3 Å². The first-order valence-electron chi connectivity index (χ1n) is 8.13. The Morgan fingerprint density at radius 3 is 2.84 bits per heavy atom. The SMILES string of the molecule is Nc1nc2n(n1)C(C(=O)O)CCC2c1cnn(Cc2ccccc2)c1. The van der Waals surface area contributed by atoms with Gasteiger partial charge in [-0.2, -0.15) is 10.1 Å². The molecule has 2 atom stereocenters. The number of anilines is 1. The van der Waals surface area contributed by atoms with E-state index in [0.29, 0.717) is 25.2 Å². The molecule has 0 fully saturated rings. The average molecular weight is 338 g/mol. The zero-order valence-electron chi connectivity index (χ0n) is 13.5. The molecule has 0 radical (unpaired) electrons. The van der Waals surface area contributed by atoms with Crippen molar-refractivity contribution in [1.29, 1.82) is 0 Å². The summed E-state index contributed by atoms with van der Waals surface area (Å²) in [5.41, 5.74) is 7.87. The maximum Gasteiger partial charge on any atom is 0.328 e. The van der Waals surface area contributed by atoms with Crippen molar-refractivity contribution in [2.24, 2.45) is 0 Å². The van der Waals surface area contributed by atoms with Gasteiger partial charge < -0.3 is 10.8 Å². The van der Waals surface area contributed by atoms with E-state index in [4.69, 9.17) is 5.73 Å². The molecule has 0 aliphatic carbocycles. The van der Waals surface area contributed by atoms with Crippen LogP contribution in [0.15, 0.2) is 42.7 Å². The number of carboxylic acid groups (broad SMARTS) is 1. The van der Waals surface area contributed by atoms with E-state index in [1.165, 1.54) is 10.2 Å². The second-order valence-electron chi connectivity index (χ2n) is 6.21. The molecular weight excluding hydrogens is 320 g/mol. The number of fused-ring (bicyclic) bond motifs is 1. The van der Waals surface area contributed by atoms with Crippen molar-refractivity contribution in [3.05, 3.63) is 59.7 Å². The van der Waals surface area contributed by atoms with Crippen molar-refractivity contribution in [3.63, 3.8) is 0 Å². The van der Waals surface area contributed by atoms with Crippen LogP contribution in [0.2, 0.25) is 0 Å². The number of hydrogen-bond donors (Lipinski definition) is 2. The van der Waals surface area contributed by atoms with E-state index in [2.05, 4.69) is 27.3 Å². The molecule has 1 aliphatic heterocycles. The van der Waals surface area contributed by atoms with E-state index < -0.39 is 12.0 Å². The molecule has 2 aromatic heterocycles. The van der Waals surface area contributed by atoms with E-state index in [-0.39, 0.29) is 11.9 Å². The molecule has 25 heavy (non-hydrogen) atoms. The number of aromatic nitrogens is 5. The largest absolute Gasteiger partial charge is 0.480 e. The molecule has 8 heteroatoms. The van der Waals surface area contributed by atoms with Crippen molar-refractivity contribution >= 4 is 11.9 Å². The summed E-state index contributed by atoms with van der Waals surface area (Å²) in [6, 6.07) is 9.37. The molecular formula is C17H18N6O2. The van der Waals surface area contributed by atoms with Crippen molar-refractivity contribution in [1.82, 2.24) is 24.5 Å². The highest BCUT2D eigenvalue weighted by molar-refractivity contribution is 5.72. The highest BCUT2D eigenvalue weighted by Crippen LogP contribution is 2.37. The highest BCUT2D eigenvalue weighted by atomic mass is 16.4. The van der Waals surface area contributed by atoms with Gasteiger partial charge in [0.2, 0.25) is 5.95 Å². The molecule has 1 aliphatic rings. The molecule has 8 nitrogen and oxygen atoms in total. The van der Waals surface area contributed by atoms with Crippen LogP contribution >= 0.6 is 0 Å². The quantitative estimate of drug-likeness (QED) is 0.748. The summed E-state index contributed by atoms with van der Waals surface area (Å²) < 4.78 is 3.32. The zero-order chi connectivity index (χ0) is 17.4. The molecule has 3 aromatic rings. The summed E-state index contributed by atoms with van der Waals surface area (Å²) in [5.74, 6) is -0.269. The topological polar surface area (TPSA) is 112 Å². The van der Waals surface area contributed by atoms with Gasteiger partial charge in [-0.25, -0.2) is 9.48 Å². The van der Waals surface area contributed by atoms with E-state index in [9.17, 15) is 9.90 Å². The van der Waals surface area contributed by atoms with Gasteiger partial charge in [-0.15, -0.1) is 5.10 Å². The molecule has 0 bridgehead atoms. The number of nitrogens with zero attached hydrogens (tertiary/aromatic N) is 5. The minimum absolute atomic E-state index is 0.0510. The Balaban J connectivity index is 1.62. The number of rotatable bonds is 4. The van der Waals surface area contributed by atoms with Gasteiger partial charge in [0.05, 0.1) is 12.7 Å². The maximum absolute atomic E-state index is 11.4. The summed E-state index contributed by atoms with van der Waals surface area (Å²) in [6.45, 7) is 0.681. The Morgan fingerprint density at radius 1 is 1.28 bits per heavy atom. The lowest BCUT2D eigenvalue weighted by molar-refractivity contribution is -0.141. The molecule has 2 unspecified atom stereocenters. The fourth-order valence-corrected chi connectivity index (χ4v) is 3.36. The molecule has 4 rings (SSSR count). The van der Waals surface area contributed by atoms with Crippen molar-refractivity contribution in [2.45, 2.75) is 31.3 Å². The van der Waals surface area contributed by atoms with Gasteiger partial charge in [0.15, 0.2) is 6.04 Å². The summed E-state index contributed by atoms with van der Waals surface area (Å²) >= 11 is 0. The Hall–Kier alpha value is -3.16. The molecule has 3 heterocycles. The van der Waals surface area contributed by atoms with Gasteiger partial charge in [0.1, 0.15) is 5.82 Å². The monoisotopic (exact) mass is 338 g/mol. The lowest BCUT2D eigenvalue weighted by Crippen LogP contribution is -2.28. The van der Waals surface area contributed by atoms with Crippen LogP contribution in [-0.4, -0.2) is 35.6 Å². The number of benzene rings is 1. The predicted molar refractivity (Wildman–Crippen MR) is 90.0 cm³/mol. The smallest absolute Gasteiger partial charge is 0.328 e. The zero-order valence-corrected chi connectivity index (χ0v) is 13.5. The summed E-state index contributed by atoms with van der Waals surface area (Å²) in [6.07, 6.45) is 4.95. The third-order valence-corrected chi connectivity index (χ3v) is 4.54. The molecule has 128 valence electrons. The van der Waals surface area contributed by atoms with E-state index >= 15 is 0 Å². The fourth-order valence-electron chi connectivity index (χ4n) is 3.36. The van der Waals surface area contributed by atoms with Crippen LogP contribution < -0.4 is 5.73 Å². The van der Waals surface area contributed by atoms with E-state index in [1.807, 2.05) is 35.3 Å². The number of hydrogen-bond acceptors (Lipinski definition) is 5. The maximum atomic E-state index is 11.4. The van der Waals surface area contributed by atoms with Gasteiger partial charge in [-0.1, -0.05) is 30.3 Å². The van der Waals surface area contributed by atoms with Crippen LogP contribution in [0, 0.1) is 0 Å². The molecule has 0 spiro atoms. The van der Waals surface area contributed by atoms with Crippen LogP contribution in [0.25, 0.3) is 0 Å². The summed E-state index contributed by atoms with van der Waals surface area (Å²) in [7, 11) is 0. The Labute approximate surface area is 143 Å². The number of nitrogen functional groups attached to an aromatic ring is 1. The van der Waals surface area contributed by atoms with Crippen LogP contribution in [0.1, 0.15) is 41.8 Å². The summed E-state index contributed by atoms with van der Waals surface area (Å²) in [4.78, 5) is 15.7. The van der Waals surface area contributed by atoms with Crippen molar-refractivity contribution in [2.75, 3.05) is 5.73 Å². The summed E-state index contributed by atoms with van der Waals surface area (Å²) in [5, 5.41) is 17.9. The first-order valence-corrected chi connectivity index (χ1v) is 8.13. The number of carbonyl (C=O) groups is 1. The standard InChI is InChI=1S/C17H18N6O2/c18-17-20-15-13(6-7-14(16(24)25)23(15)21-17)12-8-19-22(10-12)9-11-4-2-1-3-5-11/h1-5,8,10,13-14H,6-7,9H2,(H2,18,21)(H,24,25). The van der Waals surface area contributed by atoms with Gasteiger partial charge >= 0.3 is 5.97 Å².